The van der Waals surface area contributed by atoms with Gasteiger partial charge in [0.15, 0.2) is 0 Å². The topological polar surface area (TPSA) is 48.1 Å². The van der Waals surface area contributed by atoms with Gasteiger partial charge in [-0.25, -0.2) is 0 Å². The van der Waals surface area contributed by atoms with E-state index < -0.39 is 0 Å². The Morgan fingerprint density at radius 3 is 2.45 bits per heavy atom. The third kappa shape index (κ3) is 2.43. The molecule has 1 N–H and O–H groups in total. The van der Waals surface area contributed by atoms with Crippen LogP contribution in [0.5, 0.6) is 0 Å². The molecule has 0 saturated carbocycles. The average Bonchev–Trinajstić information content (AvgIpc) is 2.77. The van der Waals surface area contributed by atoms with Crippen molar-refractivity contribution in [2.75, 3.05) is 0 Å². The van der Waals surface area contributed by atoms with Crippen LogP contribution in [0, 0.1) is 4.91 Å². The Morgan fingerprint density at radius 2 is 1.77 bits per heavy atom. The van der Waals surface area contributed by atoms with E-state index in [1.54, 1.807) is 0 Å². The summed E-state index contributed by atoms with van der Waals surface area (Å²) in [5.74, 6) is 0.0639. The molecule has 0 saturated heterocycles. The van der Waals surface area contributed by atoms with Crippen LogP contribution in [0.25, 0.3) is 11.3 Å². The summed E-state index contributed by atoms with van der Waals surface area (Å²) in [5.41, 5.74) is 3.65. The van der Waals surface area contributed by atoms with Crippen molar-refractivity contribution in [2.24, 2.45) is 0 Å². The zero-order valence-electron chi connectivity index (χ0n) is 13.2. The quantitative estimate of drug-likeness (QED) is 0.522. The molecular formula is C18H23N2O2+. The Kier molecular flexibility index (Phi) is 4.01. The van der Waals surface area contributed by atoms with E-state index in [9.17, 15) is 10.1 Å². The van der Waals surface area contributed by atoms with E-state index in [4.69, 9.17) is 0 Å². The van der Waals surface area contributed by atoms with Gasteiger partial charge in [-0.2, -0.15) is 4.73 Å². The molecule has 0 fully saturated rings. The molecule has 22 heavy (non-hydrogen) atoms. The monoisotopic (exact) mass is 299 g/mol. The molecule has 0 aliphatic heterocycles. The lowest BCUT2D eigenvalue weighted by Gasteiger charge is -2.15. The lowest BCUT2D eigenvalue weighted by Crippen LogP contribution is -2.32. The molecule has 116 valence electrons. The van der Waals surface area contributed by atoms with Gasteiger partial charge in [0.25, 0.3) is 11.4 Å². The number of rotatable bonds is 2. The normalized spacial score (nSPS) is 14.7. The van der Waals surface area contributed by atoms with Crippen molar-refractivity contribution >= 4 is 0 Å². The SMILES string of the molecule is CC(C)c1c(-c2ccccc2)[n+](=O)c2c(n1O)CCCCC2. The highest BCUT2D eigenvalue weighted by Crippen LogP contribution is 2.29. The van der Waals surface area contributed by atoms with Crippen LogP contribution >= 0.6 is 0 Å². The molecule has 0 unspecified atom stereocenters. The molecule has 1 heterocycles. The van der Waals surface area contributed by atoms with Crippen molar-refractivity contribution < 1.29 is 9.63 Å². The van der Waals surface area contributed by atoms with E-state index in [1.165, 1.54) is 4.73 Å². The van der Waals surface area contributed by atoms with E-state index in [2.05, 4.69) is 0 Å². The molecule has 4 nitrogen and oxygen atoms in total. The number of fused-ring (bicyclic) bond motifs is 1. The standard InChI is InChI=1S/C18H23N2O2/c1-13(2)17-18(14-9-5-3-6-10-14)20(22)16-12-8-4-7-11-15(16)19(17)21/h3,5-6,9-10,13,21H,4,7-8,11-12H2,1-2H3/q+1. The summed E-state index contributed by atoms with van der Waals surface area (Å²) in [5, 5.41) is 10.8. The second kappa shape index (κ2) is 5.95. The molecule has 0 spiro atoms. The fraction of sp³-hybridized carbons (Fsp3) is 0.444. The summed E-state index contributed by atoms with van der Waals surface area (Å²) >= 11 is 0. The molecular weight excluding hydrogens is 276 g/mol. The van der Waals surface area contributed by atoms with Crippen molar-refractivity contribution in [2.45, 2.75) is 51.9 Å². The zero-order valence-corrected chi connectivity index (χ0v) is 13.2. The maximum atomic E-state index is 13.0. The Hall–Kier alpha value is -2.10. The van der Waals surface area contributed by atoms with Gasteiger partial charge in [0.2, 0.25) is 0 Å². The molecule has 2 aromatic rings. The third-order valence-electron chi connectivity index (χ3n) is 4.43. The molecule has 4 heteroatoms. The van der Waals surface area contributed by atoms with Gasteiger partial charge in [0, 0.05) is 17.2 Å². The molecule has 0 atom stereocenters. The lowest BCUT2D eigenvalue weighted by molar-refractivity contribution is -0.495. The average molecular weight is 299 g/mol. The van der Waals surface area contributed by atoms with Crippen molar-refractivity contribution in [1.82, 2.24) is 4.73 Å². The minimum Gasteiger partial charge on any atom is -0.428 e. The van der Waals surface area contributed by atoms with Gasteiger partial charge in [-0.3, -0.25) is 0 Å². The van der Waals surface area contributed by atoms with Crippen LogP contribution < -0.4 is 4.43 Å². The van der Waals surface area contributed by atoms with Gasteiger partial charge in [-0.1, -0.05) is 38.5 Å². The predicted molar refractivity (Wildman–Crippen MR) is 85.8 cm³/mol. The van der Waals surface area contributed by atoms with E-state index in [0.29, 0.717) is 11.4 Å². The first-order valence-corrected chi connectivity index (χ1v) is 8.09. The lowest BCUT2D eigenvalue weighted by atomic mass is 10.0. The summed E-state index contributed by atoms with van der Waals surface area (Å²) in [6.45, 7) is 4.02. The summed E-state index contributed by atoms with van der Waals surface area (Å²) in [4.78, 5) is 13.0. The number of nitrogens with zero attached hydrogens (tertiary/aromatic N) is 2. The zero-order chi connectivity index (χ0) is 15.7. The number of benzene rings is 1. The third-order valence-corrected chi connectivity index (χ3v) is 4.43. The van der Waals surface area contributed by atoms with E-state index in [-0.39, 0.29) is 5.92 Å². The van der Waals surface area contributed by atoms with Crippen molar-refractivity contribution in [1.29, 1.82) is 0 Å². The second-order valence-electron chi connectivity index (χ2n) is 6.31. The molecule has 1 aromatic heterocycles. The minimum atomic E-state index is 0.0639. The Bertz CT molecular complexity index is 733. The molecule has 1 aliphatic carbocycles. The first-order chi connectivity index (χ1) is 10.6. The van der Waals surface area contributed by atoms with Crippen LogP contribution in [0.4, 0.5) is 0 Å². The fourth-order valence-electron chi connectivity index (χ4n) is 3.36. The van der Waals surface area contributed by atoms with E-state index in [1.807, 2.05) is 44.2 Å². The van der Waals surface area contributed by atoms with Crippen molar-refractivity contribution in [3.63, 3.8) is 0 Å². The van der Waals surface area contributed by atoms with Crippen LogP contribution in [-0.4, -0.2) is 9.94 Å². The molecule has 0 radical (unpaired) electrons. The van der Waals surface area contributed by atoms with Gasteiger partial charge in [0.05, 0.1) is 9.99 Å². The molecule has 0 bridgehead atoms. The first-order valence-electron chi connectivity index (χ1n) is 8.09. The highest BCUT2D eigenvalue weighted by molar-refractivity contribution is 5.59. The van der Waals surface area contributed by atoms with Crippen LogP contribution in [0.15, 0.2) is 30.3 Å². The van der Waals surface area contributed by atoms with E-state index in [0.717, 1.165) is 53.5 Å². The second-order valence-corrected chi connectivity index (χ2v) is 6.31. The minimum absolute atomic E-state index is 0.0639. The molecule has 0 amide bonds. The number of hydrogen-bond acceptors (Lipinski definition) is 2. The van der Waals surface area contributed by atoms with Crippen LogP contribution in [0.2, 0.25) is 0 Å². The van der Waals surface area contributed by atoms with Gasteiger partial charge in [-0.05, 0) is 31.4 Å². The van der Waals surface area contributed by atoms with Crippen LogP contribution in [-0.2, 0) is 12.8 Å². The van der Waals surface area contributed by atoms with E-state index >= 15 is 0 Å². The Morgan fingerprint density at radius 1 is 1.09 bits per heavy atom. The van der Waals surface area contributed by atoms with Crippen molar-refractivity contribution in [3.05, 3.63) is 52.3 Å². The first kappa shape index (κ1) is 14.8. The van der Waals surface area contributed by atoms with Crippen LogP contribution in [0.3, 0.4) is 0 Å². The molecule has 3 rings (SSSR count). The highest BCUT2D eigenvalue weighted by atomic mass is 16.5. The Labute approximate surface area is 130 Å². The largest absolute Gasteiger partial charge is 0.428 e. The fourth-order valence-corrected chi connectivity index (χ4v) is 3.36. The smallest absolute Gasteiger partial charge is 0.293 e. The summed E-state index contributed by atoms with van der Waals surface area (Å²) < 4.78 is 2.36. The maximum absolute atomic E-state index is 13.0. The van der Waals surface area contributed by atoms with Crippen LogP contribution in [0.1, 0.15) is 56.1 Å². The molecule has 1 aromatic carbocycles. The predicted octanol–water partition coefficient (Wildman–Crippen LogP) is 3.70. The highest BCUT2D eigenvalue weighted by Gasteiger charge is 2.32. The van der Waals surface area contributed by atoms with Gasteiger partial charge < -0.3 is 5.21 Å². The van der Waals surface area contributed by atoms with Crippen molar-refractivity contribution in [3.8, 4) is 11.3 Å². The molecule has 1 aliphatic rings. The number of hydrogen-bond donors (Lipinski definition) is 1. The maximum Gasteiger partial charge on any atom is 0.293 e. The van der Waals surface area contributed by atoms with Gasteiger partial charge in [0.1, 0.15) is 11.4 Å². The number of aromatic nitrogens is 2. The van der Waals surface area contributed by atoms with Gasteiger partial charge >= 0.3 is 0 Å². The summed E-state index contributed by atoms with van der Waals surface area (Å²) in [6.07, 6.45) is 4.63. The Balaban J connectivity index is 2.36. The van der Waals surface area contributed by atoms with Gasteiger partial charge in [-0.15, -0.1) is 0 Å². The summed E-state index contributed by atoms with van der Waals surface area (Å²) in [7, 11) is 0. The summed E-state index contributed by atoms with van der Waals surface area (Å²) in [6, 6.07) is 9.64.